The van der Waals surface area contributed by atoms with Gasteiger partial charge in [0.15, 0.2) is 11.5 Å². The number of piperidine rings is 3. The van der Waals surface area contributed by atoms with Gasteiger partial charge in [-0.1, -0.05) is 6.07 Å². The first kappa shape index (κ1) is 13.8. The summed E-state index contributed by atoms with van der Waals surface area (Å²) in [6.45, 7) is 2.17. The lowest BCUT2D eigenvalue weighted by atomic mass is 9.83. The summed E-state index contributed by atoms with van der Waals surface area (Å²) >= 11 is 0. The van der Waals surface area contributed by atoms with Crippen LogP contribution in [0.25, 0.3) is 6.08 Å². The fourth-order valence-corrected chi connectivity index (χ4v) is 3.20. The Bertz CT molecular complexity index is 587. The number of allylic oxidation sites excluding steroid dienone is 1. The van der Waals surface area contributed by atoms with Crippen molar-refractivity contribution < 1.29 is 9.47 Å². The van der Waals surface area contributed by atoms with Gasteiger partial charge in [-0.25, -0.2) is 0 Å². The largest absolute Gasteiger partial charge is 0.493 e. The van der Waals surface area contributed by atoms with Crippen molar-refractivity contribution in [1.29, 1.82) is 0 Å². The predicted octanol–water partition coefficient (Wildman–Crippen LogP) is 2.08. The maximum Gasteiger partial charge on any atom is 0.161 e. The van der Waals surface area contributed by atoms with Crippen LogP contribution in [-0.2, 0) is 0 Å². The molecule has 0 saturated carbocycles. The molecule has 2 N–H and O–H groups in total. The van der Waals surface area contributed by atoms with E-state index in [1.807, 2.05) is 18.2 Å². The third-order valence-electron chi connectivity index (χ3n) is 4.33. The van der Waals surface area contributed by atoms with Gasteiger partial charge in [0, 0.05) is 19.0 Å². The van der Waals surface area contributed by atoms with E-state index in [4.69, 9.17) is 15.3 Å². The van der Waals surface area contributed by atoms with Crippen LogP contribution in [0.5, 0.6) is 11.5 Å². The molecular weight excluding hydrogens is 266 g/mol. The Kier molecular flexibility index (Phi) is 3.73. The van der Waals surface area contributed by atoms with Gasteiger partial charge in [-0.3, -0.25) is 0 Å². The topological polar surface area (TPSA) is 60.1 Å². The van der Waals surface area contributed by atoms with E-state index in [0.29, 0.717) is 5.92 Å². The van der Waals surface area contributed by atoms with Crippen molar-refractivity contribution in [3.8, 4) is 11.5 Å². The lowest BCUT2D eigenvalue weighted by Gasteiger charge is -2.43. The molecule has 1 aromatic rings. The summed E-state index contributed by atoms with van der Waals surface area (Å²) in [6, 6.07) is 5.91. The molecule has 3 fully saturated rings. The van der Waals surface area contributed by atoms with Gasteiger partial charge in [0.05, 0.1) is 25.6 Å². The SMILES string of the molecule is COc1ccc(/C=C2\C(=N/N)C3CCN2CC3)cc1OC. The Morgan fingerprint density at radius 3 is 2.52 bits per heavy atom. The van der Waals surface area contributed by atoms with Crippen LogP contribution in [0.15, 0.2) is 29.0 Å². The molecule has 0 aromatic heterocycles. The number of methoxy groups -OCH3 is 2. The maximum atomic E-state index is 5.61. The second-order valence-corrected chi connectivity index (χ2v) is 5.42. The van der Waals surface area contributed by atoms with Crippen LogP contribution in [0.3, 0.4) is 0 Å². The molecule has 2 bridgehead atoms. The highest BCUT2D eigenvalue weighted by molar-refractivity contribution is 6.05. The van der Waals surface area contributed by atoms with Crippen LogP contribution in [0.1, 0.15) is 18.4 Å². The van der Waals surface area contributed by atoms with Crippen LogP contribution < -0.4 is 15.3 Å². The molecule has 3 saturated heterocycles. The zero-order valence-corrected chi connectivity index (χ0v) is 12.5. The minimum Gasteiger partial charge on any atom is -0.493 e. The third kappa shape index (κ3) is 2.44. The van der Waals surface area contributed by atoms with E-state index in [2.05, 4.69) is 16.1 Å². The fraction of sp³-hybridized carbons (Fsp3) is 0.438. The van der Waals surface area contributed by atoms with Crippen molar-refractivity contribution >= 4 is 11.8 Å². The summed E-state index contributed by atoms with van der Waals surface area (Å²) in [6.07, 6.45) is 4.44. The first-order valence-corrected chi connectivity index (χ1v) is 7.23. The quantitative estimate of drug-likeness (QED) is 0.683. The second-order valence-electron chi connectivity index (χ2n) is 5.42. The van der Waals surface area contributed by atoms with Crippen LogP contribution in [0.2, 0.25) is 0 Å². The van der Waals surface area contributed by atoms with E-state index in [1.165, 1.54) is 0 Å². The van der Waals surface area contributed by atoms with Gasteiger partial charge in [-0.15, -0.1) is 0 Å². The van der Waals surface area contributed by atoms with E-state index < -0.39 is 0 Å². The van der Waals surface area contributed by atoms with Crippen LogP contribution >= 0.6 is 0 Å². The number of fused-ring (bicyclic) bond motifs is 3. The number of rotatable bonds is 3. The Hall–Kier alpha value is -2.17. The number of hydrogen-bond acceptors (Lipinski definition) is 5. The predicted molar refractivity (Wildman–Crippen MR) is 83.4 cm³/mol. The van der Waals surface area contributed by atoms with E-state index in [9.17, 15) is 0 Å². The molecule has 3 heterocycles. The normalized spacial score (nSPS) is 22.1. The maximum absolute atomic E-state index is 5.61. The monoisotopic (exact) mass is 287 g/mol. The first-order chi connectivity index (χ1) is 10.3. The van der Waals surface area contributed by atoms with E-state index in [-0.39, 0.29) is 0 Å². The molecule has 3 aliphatic heterocycles. The minimum atomic E-state index is 0.506. The first-order valence-electron chi connectivity index (χ1n) is 7.23. The molecule has 0 aliphatic carbocycles. The summed E-state index contributed by atoms with van der Waals surface area (Å²) in [4.78, 5) is 2.36. The van der Waals surface area contributed by atoms with Gasteiger partial charge in [0.25, 0.3) is 0 Å². The molecule has 0 spiro atoms. The van der Waals surface area contributed by atoms with Crippen LogP contribution in [0.4, 0.5) is 0 Å². The number of hydrogen-bond donors (Lipinski definition) is 1. The van der Waals surface area contributed by atoms with E-state index in [0.717, 1.165) is 54.4 Å². The minimum absolute atomic E-state index is 0.506. The standard InChI is InChI=1S/C16H21N3O2/c1-20-14-4-3-11(10-15(14)21-2)9-13-16(18-17)12-5-7-19(13)8-6-12/h3-4,9-10,12H,5-8,17H2,1-2H3/b13-9+,18-16-. The highest BCUT2D eigenvalue weighted by Crippen LogP contribution is 2.34. The van der Waals surface area contributed by atoms with Crippen molar-refractivity contribution in [1.82, 2.24) is 4.90 Å². The Labute approximate surface area is 125 Å². The summed E-state index contributed by atoms with van der Waals surface area (Å²) in [7, 11) is 3.29. The van der Waals surface area contributed by atoms with Gasteiger partial charge in [0.1, 0.15) is 0 Å². The number of hydrazone groups is 1. The Balaban J connectivity index is 1.97. The fourth-order valence-electron chi connectivity index (χ4n) is 3.20. The highest BCUT2D eigenvalue weighted by atomic mass is 16.5. The van der Waals surface area contributed by atoms with Crippen LogP contribution in [0, 0.1) is 5.92 Å². The molecule has 5 nitrogen and oxygen atoms in total. The van der Waals surface area contributed by atoms with E-state index in [1.54, 1.807) is 14.2 Å². The summed E-state index contributed by atoms with van der Waals surface area (Å²) < 4.78 is 10.6. The summed E-state index contributed by atoms with van der Waals surface area (Å²) in [5.41, 5.74) is 3.24. The van der Waals surface area contributed by atoms with Gasteiger partial charge >= 0.3 is 0 Å². The Morgan fingerprint density at radius 2 is 1.90 bits per heavy atom. The van der Waals surface area contributed by atoms with Crippen molar-refractivity contribution in [2.45, 2.75) is 12.8 Å². The molecule has 1 aromatic carbocycles. The zero-order chi connectivity index (χ0) is 14.8. The van der Waals surface area contributed by atoms with Gasteiger partial charge in [0.2, 0.25) is 0 Å². The second kappa shape index (κ2) is 5.68. The molecule has 0 unspecified atom stereocenters. The lowest BCUT2D eigenvalue weighted by molar-refractivity contribution is 0.242. The molecule has 21 heavy (non-hydrogen) atoms. The molecule has 0 radical (unpaired) electrons. The molecule has 0 atom stereocenters. The van der Waals surface area contributed by atoms with Crippen molar-refractivity contribution in [3.63, 3.8) is 0 Å². The number of ether oxygens (including phenoxy) is 2. The number of benzene rings is 1. The highest BCUT2D eigenvalue weighted by Gasteiger charge is 2.34. The smallest absolute Gasteiger partial charge is 0.161 e. The van der Waals surface area contributed by atoms with E-state index >= 15 is 0 Å². The lowest BCUT2D eigenvalue weighted by Crippen LogP contribution is -2.46. The summed E-state index contributed by atoms with van der Waals surface area (Å²) in [5, 5.41) is 4.03. The average Bonchev–Trinajstić information content (AvgIpc) is 2.55. The average molecular weight is 287 g/mol. The van der Waals surface area contributed by atoms with Crippen molar-refractivity contribution in [2.24, 2.45) is 16.9 Å². The zero-order valence-electron chi connectivity index (χ0n) is 12.5. The van der Waals surface area contributed by atoms with Crippen LogP contribution in [-0.4, -0.2) is 37.9 Å². The van der Waals surface area contributed by atoms with Gasteiger partial charge in [-0.2, -0.15) is 5.10 Å². The molecule has 5 heteroatoms. The molecule has 0 amide bonds. The Morgan fingerprint density at radius 1 is 1.19 bits per heavy atom. The molecule has 112 valence electrons. The number of nitrogens with zero attached hydrogens (tertiary/aromatic N) is 2. The molecule has 3 aliphatic rings. The third-order valence-corrected chi connectivity index (χ3v) is 4.33. The molecular formula is C16H21N3O2. The summed E-state index contributed by atoms with van der Waals surface area (Å²) in [5.74, 6) is 7.58. The van der Waals surface area contributed by atoms with Crippen molar-refractivity contribution in [3.05, 3.63) is 29.5 Å². The van der Waals surface area contributed by atoms with Gasteiger partial charge < -0.3 is 20.2 Å². The van der Waals surface area contributed by atoms with Gasteiger partial charge in [-0.05, 0) is 36.6 Å². The number of nitrogens with two attached hydrogens (primary N) is 1. The molecule has 4 rings (SSSR count). The van der Waals surface area contributed by atoms with Crippen molar-refractivity contribution in [2.75, 3.05) is 27.3 Å².